The fourth-order valence-corrected chi connectivity index (χ4v) is 4.33. The van der Waals surface area contributed by atoms with Crippen molar-refractivity contribution in [2.24, 2.45) is 17.8 Å². The van der Waals surface area contributed by atoms with E-state index < -0.39 is 0 Å². The summed E-state index contributed by atoms with van der Waals surface area (Å²) in [6.07, 6.45) is 2.64. The van der Waals surface area contributed by atoms with Crippen LogP contribution in [-0.2, 0) is 9.53 Å². The fraction of sp³-hybridized carbons (Fsp3) is 0.421. The second-order valence-corrected chi connectivity index (χ2v) is 6.97. The standard InChI is InChI=1S/C19H21N3O3/c1-25-19(24)14-8-13-7-12(14)9-15(13)20-18(23)17-10-16(21-22-17)11-5-3-2-4-6-11/h2-6,10,12-15H,7-9H2,1H3,(H,20,23)(H,21,22)/t12-,13-,14-,15-/m1/s1. The molecule has 0 saturated heterocycles. The normalized spacial score (nSPS) is 27.2. The van der Waals surface area contributed by atoms with Crippen LogP contribution in [0.2, 0.25) is 0 Å². The second-order valence-electron chi connectivity index (χ2n) is 6.97. The van der Waals surface area contributed by atoms with Crippen molar-refractivity contribution in [1.82, 2.24) is 15.5 Å². The number of ether oxygens (including phenoxy) is 1. The van der Waals surface area contributed by atoms with Crippen molar-refractivity contribution < 1.29 is 14.3 Å². The summed E-state index contributed by atoms with van der Waals surface area (Å²) in [5.41, 5.74) is 2.19. The van der Waals surface area contributed by atoms with Crippen molar-refractivity contribution in [2.45, 2.75) is 25.3 Å². The number of aromatic amines is 1. The van der Waals surface area contributed by atoms with Gasteiger partial charge in [-0.2, -0.15) is 5.10 Å². The molecule has 130 valence electrons. The summed E-state index contributed by atoms with van der Waals surface area (Å²) in [4.78, 5) is 24.3. The van der Waals surface area contributed by atoms with E-state index in [9.17, 15) is 9.59 Å². The molecule has 4 rings (SSSR count). The maximum atomic E-state index is 12.5. The number of fused-ring (bicyclic) bond motifs is 2. The molecule has 2 fully saturated rings. The zero-order valence-corrected chi connectivity index (χ0v) is 14.1. The number of carbonyl (C=O) groups is 2. The Kier molecular flexibility index (Phi) is 4.03. The number of hydrogen-bond acceptors (Lipinski definition) is 4. The van der Waals surface area contributed by atoms with Gasteiger partial charge in [0.1, 0.15) is 5.69 Å². The van der Waals surface area contributed by atoms with E-state index in [1.165, 1.54) is 7.11 Å². The number of methoxy groups -OCH3 is 1. The number of H-pyrrole nitrogens is 1. The lowest BCUT2D eigenvalue weighted by atomic mass is 9.86. The number of nitrogens with one attached hydrogen (secondary N) is 2. The molecule has 2 bridgehead atoms. The molecule has 1 aromatic carbocycles. The highest BCUT2D eigenvalue weighted by molar-refractivity contribution is 5.93. The molecule has 25 heavy (non-hydrogen) atoms. The predicted molar refractivity (Wildman–Crippen MR) is 91.6 cm³/mol. The smallest absolute Gasteiger partial charge is 0.308 e. The molecule has 6 nitrogen and oxygen atoms in total. The number of amides is 1. The number of nitrogens with zero attached hydrogens (tertiary/aromatic N) is 1. The van der Waals surface area contributed by atoms with E-state index in [1.54, 1.807) is 6.07 Å². The maximum Gasteiger partial charge on any atom is 0.308 e. The van der Waals surface area contributed by atoms with E-state index >= 15 is 0 Å². The van der Waals surface area contributed by atoms with Crippen molar-refractivity contribution in [3.63, 3.8) is 0 Å². The van der Waals surface area contributed by atoms with E-state index in [4.69, 9.17) is 4.74 Å². The Morgan fingerprint density at radius 1 is 1.16 bits per heavy atom. The van der Waals surface area contributed by atoms with Crippen molar-refractivity contribution in [3.05, 3.63) is 42.1 Å². The fourth-order valence-electron chi connectivity index (χ4n) is 4.33. The minimum absolute atomic E-state index is 0.00000949. The third-order valence-corrected chi connectivity index (χ3v) is 5.57. The molecular weight excluding hydrogens is 318 g/mol. The lowest BCUT2D eigenvalue weighted by molar-refractivity contribution is -0.147. The first kappa shape index (κ1) is 15.9. The third kappa shape index (κ3) is 2.92. The number of esters is 1. The van der Waals surface area contributed by atoms with Gasteiger partial charge >= 0.3 is 5.97 Å². The summed E-state index contributed by atoms with van der Waals surface area (Å²) in [6.45, 7) is 0. The molecule has 2 N–H and O–H groups in total. The Hall–Kier alpha value is -2.63. The van der Waals surface area contributed by atoms with Crippen LogP contribution >= 0.6 is 0 Å². The van der Waals surface area contributed by atoms with E-state index in [1.807, 2.05) is 30.3 Å². The monoisotopic (exact) mass is 339 g/mol. The SMILES string of the molecule is COC(=O)[C@@H]1C[C@H]2C[C@@H]1C[C@H]2NC(=O)c1cc(-c2ccccc2)n[nH]1. The molecule has 1 aromatic heterocycles. The molecule has 2 saturated carbocycles. The first-order chi connectivity index (χ1) is 12.2. The van der Waals surface area contributed by atoms with Gasteiger partial charge < -0.3 is 10.1 Å². The van der Waals surface area contributed by atoms with Crippen molar-refractivity contribution in [3.8, 4) is 11.3 Å². The largest absolute Gasteiger partial charge is 0.469 e. The van der Waals surface area contributed by atoms with Gasteiger partial charge in [-0.1, -0.05) is 30.3 Å². The van der Waals surface area contributed by atoms with Crippen LogP contribution in [0.4, 0.5) is 0 Å². The summed E-state index contributed by atoms with van der Waals surface area (Å²) in [5, 5.41) is 10.2. The number of hydrogen-bond donors (Lipinski definition) is 2. The topological polar surface area (TPSA) is 84.1 Å². The molecule has 1 amide bonds. The van der Waals surface area contributed by atoms with E-state index in [-0.39, 0.29) is 23.8 Å². The van der Waals surface area contributed by atoms with Gasteiger partial charge in [0.15, 0.2) is 0 Å². The summed E-state index contributed by atoms with van der Waals surface area (Å²) < 4.78 is 4.88. The summed E-state index contributed by atoms with van der Waals surface area (Å²) >= 11 is 0. The lowest BCUT2D eigenvalue weighted by Gasteiger charge is -2.26. The molecule has 0 spiro atoms. The molecule has 2 aliphatic carbocycles. The molecule has 2 aromatic rings. The van der Waals surface area contributed by atoms with Gasteiger partial charge in [-0.05, 0) is 37.2 Å². The van der Waals surface area contributed by atoms with Gasteiger partial charge in [0.2, 0.25) is 0 Å². The minimum atomic E-state index is -0.137. The van der Waals surface area contributed by atoms with Crippen LogP contribution in [-0.4, -0.2) is 35.2 Å². The van der Waals surface area contributed by atoms with Crippen LogP contribution in [0, 0.1) is 17.8 Å². The number of carbonyl (C=O) groups excluding carboxylic acids is 2. The molecule has 4 atom stereocenters. The zero-order chi connectivity index (χ0) is 17.4. The van der Waals surface area contributed by atoms with Gasteiger partial charge in [0.05, 0.1) is 18.7 Å². The summed E-state index contributed by atoms with van der Waals surface area (Å²) in [5.74, 6) is 0.430. The van der Waals surface area contributed by atoms with Gasteiger partial charge in [-0.15, -0.1) is 0 Å². The molecule has 2 aliphatic rings. The maximum absolute atomic E-state index is 12.5. The van der Waals surface area contributed by atoms with Crippen molar-refractivity contribution in [1.29, 1.82) is 0 Å². The van der Waals surface area contributed by atoms with E-state index in [0.717, 1.165) is 30.5 Å². The quantitative estimate of drug-likeness (QED) is 0.838. The number of benzene rings is 1. The Bertz CT molecular complexity index is 786. The average Bonchev–Trinajstić information content (AvgIpc) is 3.37. The van der Waals surface area contributed by atoms with Gasteiger partial charge in [0.25, 0.3) is 5.91 Å². The molecule has 6 heteroatoms. The molecule has 0 unspecified atom stereocenters. The van der Waals surface area contributed by atoms with Crippen molar-refractivity contribution >= 4 is 11.9 Å². The van der Waals surface area contributed by atoms with Gasteiger partial charge in [-0.3, -0.25) is 14.7 Å². The lowest BCUT2D eigenvalue weighted by Crippen LogP contribution is -2.41. The van der Waals surface area contributed by atoms with Crippen molar-refractivity contribution in [2.75, 3.05) is 7.11 Å². The minimum Gasteiger partial charge on any atom is -0.469 e. The highest BCUT2D eigenvalue weighted by Gasteiger charge is 2.49. The summed E-state index contributed by atoms with van der Waals surface area (Å²) in [6, 6.07) is 11.6. The molecule has 0 aliphatic heterocycles. The number of aromatic nitrogens is 2. The van der Waals surface area contributed by atoms with Crippen LogP contribution in [0.25, 0.3) is 11.3 Å². The van der Waals surface area contributed by atoms with Crippen LogP contribution in [0.5, 0.6) is 0 Å². The third-order valence-electron chi connectivity index (χ3n) is 5.57. The molecular formula is C19H21N3O3. The van der Waals surface area contributed by atoms with Gasteiger partial charge in [-0.25, -0.2) is 0 Å². The zero-order valence-electron chi connectivity index (χ0n) is 14.1. The first-order valence-corrected chi connectivity index (χ1v) is 8.65. The first-order valence-electron chi connectivity index (χ1n) is 8.65. The molecule has 0 radical (unpaired) electrons. The predicted octanol–water partition coefficient (Wildman–Crippen LogP) is 2.39. The summed E-state index contributed by atoms with van der Waals surface area (Å²) in [7, 11) is 1.44. The highest BCUT2D eigenvalue weighted by Crippen LogP contribution is 2.48. The Balaban J connectivity index is 1.40. The van der Waals surface area contributed by atoms with Crippen LogP contribution in [0.3, 0.4) is 0 Å². The highest BCUT2D eigenvalue weighted by atomic mass is 16.5. The Labute approximate surface area is 146 Å². The number of rotatable bonds is 4. The molecule has 1 heterocycles. The van der Waals surface area contributed by atoms with Crippen LogP contribution in [0.15, 0.2) is 36.4 Å². The van der Waals surface area contributed by atoms with Crippen LogP contribution < -0.4 is 5.32 Å². The Morgan fingerprint density at radius 2 is 1.96 bits per heavy atom. The van der Waals surface area contributed by atoms with Crippen LogP contribution in [0.1, 0.15) is 29.8 Å². The second kappa shape index (κ2) is 6.35. The van der Waals surface area contributed by atoms with E-state index in [0.29, 0.717) is 17.5 Å². The van der Waals surface area contributed by atoms with E-state index in [2.05, 4.69) is 15.5 Å². The Morgan fingerprint density at radius 3 is 2.64 bits per heavy atom. The van der Waals surface area contributed by atoms with Gasteiger partial charge in [0, 0.05) is 11.6 Å². The average molecular weight is 339 g/mol.